The molecule has 0 aliphatic carbocycles. The molecule has 0 fully saturated rings. The average molecular weight is 200 g/mol. The summed E-state index contributed by atoms with van der Waals surface area (Å²) in [6, 6.07) is 7.25. The van der Waals surface area contributed by atoms with Gasteiger partial charge in [0.25, 0.3) is 0 Å². The summed E-state index contributed by atoms with van der Waals surface area (Å²) in [6.45, 7) is 1.86. The highest BCUT2D eigenvalue weighted by atomic mass is 35.5. The number of rotatable bonds is 3. The molecule has 2 unspecified atom stereocenters. The van der Waals surface area contributed by atoms with E-state index in [0.717, 1.165) is 5.56 Å². The van der Waals surface area contributed by atoms with E-state index in [9.17, 15) is 5.11 Å². The van der Waals surface area contributed by atoms with Crippen molar-refractivity contribution in [2.24, 2.45) is 5.73 Å². The van der Waals surface area contributed by atoms with E-state index in [0.29, 0.717) is 11.4 Å². The van der Waals surface area contributed by atoms with Gasteiger partial charge >= 0.3 is 0 Å². The van der Waals surface area contributed by atoms with Gasteiger partial charge in [0.1, 0.15) is 0 Å². The van der Waals surface area contributed by atoms with Gasteiger partial charge in [0, 0.05) is 11.1 Å². The Labute approximate surface area is 83.3 Å². The summed E-state index contributed by atoms with van der Waals surface area (Å²) in [5.74, 6) is 0. The zero-order chi connectivity index (χ0) is 9.84. The first-order valence-corrected chi connectivity index (χ1v) is 4.67. The molecule has 0 radical (unpaired) electrons. The second kappa shape index (κ2) is 4.61. The first-order valence-electron chi connectivity index (χ1n) is 4.29. The SMILES string of the molecule is CC(N)CC(O)c1ccccc1Cl. The van der Waals surface area contributed by atoms with Crippen LogP contribution in [0.25, 0.3) is 0 Å². The molecule has 0 spiro atoms. The van der Waals surface area contributed by atoms with Crippen molar-refractivity contribution in [3.8, 4) is 0 Å². The molecule has 0 aliphatic heterocycles. The van der Waals surface area contributed by atoms with E-state index >= 15 is 0 Å². The van der Waals surface area contributed by atoms with Crippen LogP contribution in [0, 0.1) is 0 Å². The minimum atomic E-state index is -0.561. The third kappa shape index (κ3) is 2.99. The standard InChI is InChI=1S/C10H14ClNO/c1-7(12)6-10(13)8-4-2-3-5-9(8)11/h2-5,7,10,13H,6,12H2,1H3. The topological polar surface area (TPSA) is 46.2 Å². The number of aliphatic hydroxyl groups is 1. The Bertz CT molecular complexity index is 275. The highest BCUT2D eigenvalue weighted by Crippen LogP contribution is 2.25. The molecule has 1 aromatic carbocycles. The van der Waals surface area contributed by atoms with E-state index in [-0.39, 0.29) is 6.04 Å². The zero-order valence-corrected chi connectivity index (χ0v) is 8.33. The van der Waals surface area contributed by atoms with E-state index in [1.807, 2.05) is 25.1 Å². The van der Waals surface area contributed by atoms with E-state index < -0.39 is 6.10 Å². The molecule has 0 heterocycles. The van der Waals surface area contributed by atoms with Gasteiger partial charge in [-0.3, -0.25) is 0 Å². The van der Waals surface area contributed by atoms with E-state index in [2.05, 4.69) is 0 Å². The monoisotopic (exact) mass is 199 g/mol. The molecule has 0 aliphatic rings. The lowest BCUT2D eigenvalue weighted by molar-refractivity contribution is 0.160. The van der Waals surface area contributed by atoms with Gasteiger partial charge in [-0.15, -0.1) is 0 Å². The molecule has 0 aromatic heterocycles. The number of halogens is 1. The van der Waals surface area contributed by atoms with Gasteiger partial charge in [-0.2, -0.15) is 0 Å². The molecule has 1 aromatic rings. The normalized spacial score (nSPS) is 15.4. The Hall–Kier alpha value is -0.570. The fourth-order valence-electron chi connectivity index (χ4n) is 1.22. The number of benzene rings is 1. The van der Waals surface area contributed by atoms with Crippen LogP contribution in [-0.4, -0.2) is 11.1 Å². The van der Waals surface area contributed by atoms with Crippen LogP contribution in [0.2, 0.25) is 5.02 Å². The molecule has 2 atom stereocenters. The predicted molar refractivity (Wildman–Crippen MR) is 54.7 cm³/mol. The van der Waals surface area contributed by atoms with E-state index in [4.69, 9.17) is 17.3 Å². The molecular weight excluding hydrogens is 186 g/mol. The van der Waals surface area contributed by atoms with Crippen molar-refractivity contribution in [1.29, 1.82) is 0 Å². The molecule has 0 bridgehead atoms. The second-order valence-electron chi connectivity index (χ2n) is 3.25. The van der Waals surface area contributed by atoms with Crippen molar-refractivity contribution in [2.75, 3.05) is 0 Å². The van der Waals surface area contributed by atoms with Crippen molar-refractivity contribution in [3.63, 3.8) is 0 Å². The first-order chi connectivity index (χ1) is 6.11. The van der Waals surface area contributed by atoms with Crippen LogP contribution in [-0.2, 0) is 0 Å². The van der Waals surface area contributed by atoms with Crippen LogP contribution in [0.15, 0.2) is 24.3 Å². The fourth-order valence-corrected chi connectivity index (χ4v) is 1.49. The Balaban J connectivity index is 2.76. The van der Waals surface area contributed by atoms with Crippen molar-refractivity contribution in [2.45, 2.75) is 25.5 Å². The van der Waals surface area contributed by atoms with Gasteiger partial charge in [-0.05, 0) is 25.0 Å². The molecule has 13 heavy (non-hydrogen) atoms. The van der Waals surface area contributed by atoms with Crippen LogP contribution in [0.3, 0.4) is 0 Å². The predicted octanol–water partition coefficient (Wildman–Crippen LogP) is 2.11. The third-order valence-electron chi connectivity index (χ3n) is 1.86. The van der Waals surface area contributed by atoms with E-state index in [1.165, 1.54) is 0 Å². The maximum Gasteiger partial charge on any atom is 0.0819 e. The van der Waals surface area contributed by atoms with Gasteiger partial charge in [0.2, 0.25) is 0 Å². The summed E-state index contributed by atoms with van der Waals surface area (Å²) in [6.07, 6.45) is -0.0299. The van der Waals surface area contributed by atoms with Crippen LogP contribution in [0.1, 0.15) is 25.0 Å². The van der Waals surface area contributed by atoms with Crippen LogP contribution < -0.4 is 5.73 Å². The Morgan fingerprint density at radius 3 is 2.62 bits per heavy atom. The molecule has 72 valence electrons. The molecule has 3 heteroatoms. The smallest absolute Gasteiger partial charge is 0.0819 e. The Morgan fingerprint density at radius 2 is 2.08 bits per heavy atom. The lowest BCUT2D eigenvalue weighted by Gasteiger charge is -2.14. The summed E-state index contributed by atoms with van der Waals surface area (Å²) < 4.78 is 0. The van der Waals surface area contributed by atoms with Gasteiger partial charge in [-0.25, -0.2) is 0 Å². The summed E-state index contributed by atoms with van der Waals surface area (Å²) in [4.78, 5) is 0. The van der Waals surface area contributed by atoms with Gasteiger partial charge < -0.3 is 10.8 Å². The minimum absolute atomic E-state index is 0.0220. The number of aliphatic hydroxyl groups excluding tert-OH is 1. The summed E-state index contributed by atoms with van der Waals surface area (Å²) in [5, 5.41) is 10.3. The summed E-state index contributed by atoms with van der Waals surface area (Å²) in [5.41, 5.74) is 6.33. The van der Waals surface area contributed by atoms with Crippen LogP contribution >= 0.6 is 11.6 Å². The molecule has 2 nitrogen and oxygen atoms in total. The lowest BCUT2D eigenvalue weighted by Crippen LogP contribution is -2.18. The molecule has 0 saturated heterocycles. The van der Waals surface area contributed by atoms with Crippen LogP contribution in [0.4, 0.5) is 0 Å². The largest absolute Gasteiger partial charge is 0.388 e. The third-order valence-corrected chi connectivity index (χ3v) is 2.20. The number of nitrogens with two attached hydrogens (primary N) is 1. The van der Waals surface area contributed by atoms with Gasteiger partial charge in [0.15, 0.2) is 0 Å². The summed E-state index contributed by atoms with van der Waals surface area (Å²) in [7, 11) is 0. The van der Waals surface area contributed by atoms with Crippen molar-refractivity contribution in [1.82, 2.24) is 0 Å². The first kappa shape index (κ1) is 10.5. The highest BCUT2D eigenvalue weighted by Gasteiger charge is 2.12. The van der Waals surface area contributed by atoms with Crippen molar-refractivity contribution < 1.29 is 5.11 Å². The van der Waals surface area contributed by atoms with Gasteiger partial charge in [-0.1, -0.05) is 29.8 Å². The minimum Gasteiger partial charge on any atom is -0.388 e. The number of hydrogen-bond donors (Lipinski definition) is 2. The van der Waals surface area contributed by atoms with Crippen LogP contribution in [0.5, 0.6) is 0 Å². The van der Waals surface area contributed by atoms with Crippen molar-refractivity contribution in [3.05, 3.63) is 34.9 Å². The summed E-state index contributed by atoms with van der Waals surface area (Å²) >= 11 is 5.90. The Kier molecular flexibility index (Phi) is 3.72. The zero-order valence-electron chi connectivity index (χ0n) is 7.57. The Morgan fingerprint density at radius 1 is 1.46 bits per heavy atom. The quantitative estimate of drug-likeness (QED) is 0.784. The maximum atomic E-state index is 9.71. The molecular formula is C10H14ClNO. The molecule has 3 N–H and O–H groups in total. The number of hydrogen-bond acceptors (Lipinski definition) is 2. The maximum absolute atomic E-state index is 9.71. The molecule has 0 saturated carbocycles. The second-order valence-corrected chi connectivity index (χ2v) is 3.66. The lowest BCUT2D eigenvalue weighted by atomic mass is 10.0. The highest BCUT2D eigenvalue weighted by molar-refractivity contribution is 6.31. The van der Waals surface area contributed by atoms with Crippen molar-refractivity contribution >= 4 is 11.6 Å². The fraction of sp³-hybridized carbons (Fsp3) is 0.400. The van der Waals surface area contributed by atoms with E-state index in [1.54, 1.807) is 6.07 Å². The average Bonchev–Trinajstić information content (AvgIpc) is 2.03. The van der Waals surface area contributed by atoms with Gasteiger partial charge in [0.05, 0.1) is 6.10 Å². The molecule has 0 amide bonds. The molecule has 1 rings (SSSR count).